The number of amides is 1. The molecule has 0 unspecified atom stereocenters. The highest BCUT2D eigenvalue weighted by atomic mass is 32.1. The van der Waals surface area contributed by atoms with Gasteiger partial charge in [-0.1, -0.05) is 25.1 Å². The zero-order valence-corrected chi connectivity index (χ0v) is 16.5. The molecule has 1 amide bonds. The minimum absolute atomic E-state index is 0.0152. The Hall–Kier alpha value is -2.74. The predicted molar refractivity (Wildman–Crippen MR) is 104 cm³/mol. The van der Waals surface area contributed by atoms with E-state index >= 15 is 0 Å². The quantitative estimate of drug-likeness (QED) is 0.703. The summed E-state index contributed by atoms with van der Waals surface area (Å²) in [6.45, 7) is 7.67. The molecule has 1 N–H and O–H groups in total. The number of aromatic nitrogens is 3. The summed E-state index contributed by atoms with van der Waals surface area (Å²) in [5.41, 5.74) is 1.50. The summed E-state index contributed by atoms with van der Waals surface area (Å²) in [6.07, 6.45) is 0. The van der Waals surface area contributed by atoms with Crippen molar-refractivity contribution >= 4 is 17.2 Å². The Labute approximate surface area is 161 Å². The van der Waals surface area contributed by atoms with Gasteiger partial charge in [0.1, 0.15) is 12.2 Å². The molecule has 0 saturated carbocycles. The second-order valence-electron chi connectivity index (χ2n) is 6.81. The predicted octanol–water partition coefficient (Wildman–Crippen LogP) is 3.10. The van der Waals surface area contributed by atoms with E-state index in [2.05, 4.69) is 15.6 Å². The third kappa shape index (κ3) is 4.33. The lowest BCUT2D eigenvalue weighted by atomic mass is 10.1. The van der Waals surface area contributed by atoms with E-state index in [1.807, 2.05) is 45.2 Å². The molecule has 7 nitrogen and oxygen atoms in total. The van der Waals surface area contributed by atoms with Crippen molar-refractivity contribution in [3.8, 4) is 21.9 Å². The molecule has 3 rings (SSSR count). The van der Waals surface area contributed by atoms with E-state index in [1.165, 1.54) is 22.1 Å². The van der Waals surface area contributed by atoms with Crippen LogP contribution in [0.5, 0.6) is 0 Å². The van der Waals surface area contributed by atoms with Crippen molar-refractivity contribution in [3.63, 3.8) is 0 Å². The molecular weight excluding hydrogens is 364 g/mol. The van der Waals surface area contributed by atoms with Crippen LogP contribution in [0.25, 0.3) is 21.9 Å². The van der Waals surface area contributed by atoms with Crippen LogP contribution >= 0.6 is 11.3 Å². The minimum atomic E-state index is -0.369. The fourth-order valence-corrected chi connectivity index (χ4v) is 3.20. The third-order valence-corrected chi connectivity index (χ3v) is 5.20. The highest BCUT2D eigenvalue weighted by Crippen LogP contribution is 2.32. The van der Waals surface area contributed by atoms with E-state index in [9.17, 15) is 9.59 Å². The molecule has 3 aromatic rings. The van der Waals surface area contributed by atoms with Gasteiger partial charge in [0.25, 0.3) is 5.56 Å². The standard InChI is InChI=1S/C19H22N4O3S/c1-11(2)13(4)20-17(24)10-23-18(25)9-14(15-8-12(3)22-26-15)19(21-23)16-6-5-7-27-16/h5-9,11,13H,10H2,1-4H3,(H,20,24)/t13-/m0/s1. The maximum absolute atomic E-state index is 12.6. The highest BCUT2D eigenvalue weighted by molar-refractivity contribution is 7.13. The lowest BCUT2D eigenvalue weighted by Gasteiger charge is -2.17. The Bertz CT molecular complexity index is 989. The second-order valence-corrected chi connectivity index (χ2v) is 7.76. The summed E-state index contributed by atoms with van der Waals surface area (Å²) in [7, 11) is 0. The van der Waals surface area contributed by atoms with Crippen LogP contribution in [0.2, 0.25) is 0 Å². The molecule has 142 valence electrons. The number of carbonyl (C=O) groups is 1. The van der Waals surface area contributed by atoms with Crippen molar-refractivity contribution in [1.29, 1.82) is 0 Å². The number of hydrogen-bond donors (Lipinski definition) is 1. The normalized spacial score (nSPS) is 12.3. The van der Waals surface area contributed by atoms with E-state index in [4.69, 9.17) is 4.52 Å². The number of nitrogens with zero attached hydrogens (tertiary/aromatic N) is 3. The first kappa shape index (κ1) is 19.0. The van der Waals surface area contributed by atoms with Gasteiger partial charge in [-0.15, -0.1) is 11.3 Å². The van der Waals surface area contributed by atoms with E-state index < -0.39 is 0 Å². The van der Waals surface area contributed by atoms with Gasteiger partial charge in [0.05, 0.1) is 16.1 Å². The average Bonchev–Trinajstić information content (AvgIpc) is 3.27. The number of carbonyl (C=O) groups excluding carboxylic acids is 1. The first-order valence-corrected chi connectivity index (χ1v) is 9.62. The van der Waals surface area contributed by atoms with Gasteiger partial charge in [-0.2, -0.15) is 5.10 Å². The molecule has 3 aromatic heterocycles. The van der Waals surface area contributed by atoms with Gasteiger partial charge in [-0.3, -0.25) is 9.59 Å². The molecule has 0 aliphatic rings. The van der Waals surface area contributed by atoms with Gasteiger partial charge < -0.3 is 9.84 Å². The molecule has 0 aromatic carbocycles. The van der Waals surface area contributed by atoms with E-state index in [0.717, 1.165) is 4.88 Å². The molecule has 0 spiro atoms. The summed E-state index contributed by atoms with van der Waals surface area (Å²) in [4.78, 5) is 25.7. The van der Waals surface area contributed by atoms with Gasteiger partial charge in [-0.25, -0.2) is 4.68 Å². The molecule has 27 heavy (non-hydrogen) atoms. The number of hydrogen-bond acceptors (Lipinski definition) is 6. The van der Waals surface area contributed by atoms with Crippen LogP contribution in [-0.4, -0.2) is 26.9 Å². The Morgan fingerprint density at radius 3 is 2.70 bits per heavy atom. The molecule has 0 fully saturated rings. The zero-order chi connectivity index (χ0) is 19.6. The average molecular weight is 386 g/mol. The molecule has 3 heterocycles. The van der Waals surface area contributed by atoms with Gasteiger partial charge in [0.2, 0.25) is 5.91 Å². The molecule has 0 aliphatic carbocycles. The Balaban J connectivity index is 1.98. The first-order valence-electron chi connectivity index (χ1n) is 8.74. The van der Waals surface area contributed by atoms with E-state index in [0.29, 0.717) is 28.6 Å². The van der Waals surface area contributed by atoms with Crippen molar-refractivity contribution in [2.24, 2.45) is 5.92 Å². The van der Waals surface area contributed by atoms with E-state index in [1.54, 1.807) is 6.07 Å². The summed E-state index contributed by atoms with van der Waals surface area (Å²) in [5.74, 6) is 0.536. The van der Waals surface area contributed by atoms with Crippen LogP contribution < -0.4 is 10.9 Å². The van der Waals surface area contributed by atoms with Crippen LogP contribution in [0.3, 0.4) is 0 Å². The minimum Gasteiger partial charge on any atom is -0.356 e. The van der Waals surface area contributed by atoms with Crippen LogP contribution in [0.1, 0.15) is 26.5 Å². The summed E-state index contributed by atoms with van der Waals surface area (Å²) < 4.78 is 6.52. The lowest BCUT2D eigenvalue weighted by molar-refractivity contribution is -0.122. The maximum Gasteiger partial charge on any atom is 0.268 e. The maximum atomic E-state index is 12.6. The van der Waals surface area contributed by atoms with E-state index in [-0.39, 0.29) is 24.1 Å². The number of nitrogens with one attached hydrogen (secondary N) is 1. The second kappa shape index (κ2) is 7.87. The molecule has 0 bridgehead atoms. The van der Waals surface area contributed by atoms with Gasteiger partial charge in [0.15, 0.2) is 5.76 Å². The smallest absolute Gasteiger partial charge is 0.268 e. The largest absolute Gasteiger partial charge is 0.356 e. The van der Waals surface area contributed by atoms with Crippen LogP contribution in [0.4, 0.5) is 0 Å². The Morgan fingerprint density at radius 1 is 1.33 bits per heavy atom. The summed E-state index contributed by atoms with van der Waals surface area (Å²) in [5, 5.41) is 13.2. The molecular formula is C19H22N4O3S. The zero-order valence-electron chi connectivity index (χ0n) is 15.7. The lowest BCUT2D eigenvalue weighted by Crippen LogP contribution is -2.40. The Morgan fingerprint density at radius 2 is 2.11 bits per heavy atom. The summed E-state index contributed by atoms with van der Waals surface area (Å²) >= 11 is 1.50. The van der Waals surface area contributed by atoms with Gasteiger partial charge in [-0.05, 0) is 31.2 Å². The fourth-order valence-electron chi connectivity index (χ4n) is 2.48. The number of thiophene rings is 1. The van der Waals surface area contributed by atoms with Gasteiger partial charge >= 0.3 is 0 Å². The number of aryl methyl sites for hydroxylation is 1. The third-order valence-electron chi connectivity index (χ3n) is 4.33. The molecule has 0 radical (unpaired) electrons. The van der Waals surface area contributed by atoms with Crippen molar-refractivity contribution in [2.75, 3.05) is 0 Å². The van der Waals surface area contributed by atoms with Crippen molar-refractivity contribution in [1.82, 2.24) is 20.3 Å². The Kier molecular flexibility index (Phi) is 5.55. The monoisotopic (exact) mass is 386 g/mol. The van der Waals surface area contributed by atoms with Crippen LogP contribution in [0, 0.1) is 12.8 Å². The van der Waals surface area contributed by atoms with Crippen LogP contribution in [-0.2, 0) is 11.3 Å². The number of rotatable bonds is 6. The fraction of sp³-hybridized carbons (Fsp3) is 0.368. The molecule has 1 atom stereocenters. The summed E-state index contributed by atoms with van der Waals surface area (Å²) in [6, 6.07) is 7.04. The highest BCUT2D eigenvalue weighted by Gasteiger charge is 2.19. The molecule has 0 saturated heterocycles. The van der Waals surface area contributed by atoms with Crippen LogP contribution in [0.15, 0.2) is 39.0 Å². The molecule has 8 heteroatoms. The van der Waals surface area contributed by atoms with Gasteiger partial charge in [0, 0.05) is 18.2 Å². The topological polar surface area (TPSA) is 90.0 Å². The first-order chi connectivity index (χ1) is 12.8. The van der Waals surface area contributed by atoms with Crippen molar-refractivity contribution in [2.45, 2.75) is 40.3 Å². The van der Waals surface area contributed by atoms with Crippen molar-refractivity contribution < 1.29 is 9.32 Å². The van der Waals surface area contributed by atoms with Crippen molar-refractivity contribution in [3.05, 3.63) is 45.7 Å². The SMILES string of the molecule is Cc1cc(-c2cc(=O)n(CC(=O)N[C@@H](C)C(C)C)nc2-c2cccs2)on1. The molecule has 0 aliphatic heterocycles.